The fourth-order valence-electron chi connectivity index (χ4n) is 4.50. The summed E-state index contributed by atoms with van der Waals surface area (Å²) in [5, 5.41) is 30.5. The zero-order valence-corrected chi connectivity index (χ0v) is 21.7. The zero-order chi connectivity index (χ0) is 28.2. The lowest BCUT2D eigenvalue weighted by Gasteiger charge is -2.36. The number of phenolic OH excluding ortho intramolecular Hbond substituents is 1. The maximum atomic E-state index is 12.3. The van der Waals surface area contributed by atoms with Crippen molar-refractivity contribution in [3.63, 3.8) is 0 Å². The Morgan fingerprint density at radius 2 is 1.73 bits per heavy atom. The van der Waals surface area contributed by atoms with E-state index in [1.165, 1.54) is 10.9 Å². The van der Waals surface area contributed by atoms with Crippen molar-refractivity contribution in [2.45, 2.75) is 13.5 Å². The summed E-state index contributed by atoms with van der Waals surface area (Å²) >= 11 is 0. The van der Waals surface area contributed by atoms with E-state index in [0.717, 1.165) is 5.69 Å². The van der Waals surface area contributed by atoms with E-state index in [2.05, 4.69) is 20.2 Å². The first kappa shape index (κ1) is 26.4. The molecule has 1 aliphatic rings. The maximum Gasteiger partial charge on any atom is 0.356 e. The average molecular weight is 545 g/mol. The van der Waals surface area contributed by atoms with Gasteiger partial charge in [-0.05, 0) is 37.3 Å². The number of hydrogen-bond donors (Lipinski definition) is 4. The molecule has 40 heavy (non-hydrogen) atoms. The van der Waals surface area contributed by atoms with Crippen LogP contribution >= 0.6 is 0 Å². The van der Waals surface area contributed by atoms with Gasteiger partial charge >= 0.3 is 11.9 Å². The van der Waals surface area contributed by atoms with Crippen molar-refractivity contribution < 1.29 is 24.5 Å². The molecule has 4 N–H and O–H groups in total. The Kier molecular flexibility index (Phi) is 7.44. The van der Waals surface area contributed by atoms with Crippen molar-refractivity contribution in [1.82, 2.24) is 19.5 Å². The highest BCUT2D eigenvalue weighted by Gasteiger charge is 2.24. The highest BCUT2D eigenvalue weighted by Crippen LogP contribution is 2.29. The van der Waals surface area contributed by atoms with Crippen LogP contribution in [-0.2, 0) is 20.9 Å². The SMILES string of the molecule is CCOC(=O)C(=N)c1ccccc1Nc1nc(N2CCN(c3ccc(O)cc3)CC2)nc2c1ncn2CC(=O)O. The number of fused-ring (bicyclic) bond motifs is 1. The van der Waals surface area contributed by atoms with E-state index in [9.17, 15) is 19.8 Å². The molecule has 1 aliphatic heterocycles. The van der Waals surface area contributed by atoms with Crippen LogP contribution in [0.25, 0.3) is 11.2 Å². The molecule has 0 atom stereocenters. The molecule has 3 heterocycles. The number of esters is 1. The molecule has 2 aromatic carbocycles. The van der Waals surface area contributed by atoms with Crippen molar-refractivity contribution in [3.8, 4) is 5.75 Å². The van der Waals surface area contributed by atoms with Gasteiger partial charge in [-0.3, -0.25) is 10.2 Å². The van der Waals surface area contributed by atoms with Gasteiger partial charge in [0.2, 0.25) is 5.95 Å². The molecule has 4 aromatic rings. The second kappa shape index (κ2) is 11.3. The Morgan fingerprint density at radius 1 is 1.02 bits per heavy atom. The molecule has 13 nitrogen and oxygen atoms in total. The minimum atomic E-state index is -1.04. The fourth-order valence-corrected chi connectivity index (χ4v) is 4.50. The smallest absolute Gasteiger partial charge is 0.356 e. The molecule has 2 aromatic heterocycles. The van der Waals surface area contributed by atoms with E-state index in [0.29, 0.717) is 60.4 Å². The van der Waals surface area contributed by atoms with Crippen LogP contribution in [-0.4, -0.2) is 80.2 Å². The Morgan fingerprint density at radius 3 is 2.42 bits per heavy atom. The molecule has 1 saturated heterocycles. The highest BCUT2D eigenvalue weighted by molar-refractivity contribution is 6.43. The van der Waals surface area contributed by atoms with Gasteiger partial charge in [-0.15, -0.1) is 0 Å². The molecular weight excluding hydrogens is 516 g/mol. The van der Waals surface area contributed by atoms with Crippen molar-refractivity contribution in [1.29, 1.82) is 5.41 Å². The molecular formula is C27H28N8O5. The lowest BCUT2D eigenvalue weighted by molar-refractivity contribution is -0.137. The summed E-state index contributed by atoms with van der Waals surface area (Å²) in [5.74, 6) is -0.868. The van der Waals surface area contributed by atoms with Crippen molar-refractivity contribution >= 4 is 52.0 Å². The number of phenols is 1. The van der Waals surface area contributed by atoms with E-state index >= 15 is 0 Å². The standard InChI is InChI=1S/C27H28N8O5/c1-2-40-26(39)22(28)19-5-3-4-6-20(19)30-24-23-25(35(16-29-23)15-21(37)38)32-27(31-24)34-13-11-33(12-14-34)17-7-9-18(36)10-8-17/h3-10,16,28,36H,2,11-15H2,1H3,(H,37,38)(H,30,31,32). The van der Waals surface area contributed by atoms with Crippen LogP contribution in [0.5, 0.6) is 5.75 Å². The molecule has 5 rings (SSSR count). The van der Waals surface area contributed by atoms with Crippen molar-refractivity contribution in [2.24, 2.45) is 0 Å². The topological polar surface area (TPSA) is 170 Å². The highest BCUT2D eigenvalue weighted by atomic mass is 16.5. The van der Waals surface area contributed by atoms with Gasteiger partial charge in [0.15, 0.2) is 17.0 Å². The van der Waals surface area contributed by atoms with Gasteiger partial charge in [-0.1, -0.05) is 18.2 Å². The molecule has 0 bridgehead atoms. The quantitative estimate of drug-likeness (QED) is 0.180. The number of imidazole rings is 1. The number of anilines is 4. The van der Waals surface area contributed by atoms with Gasteiger partial charge in [0.25, 0.3) is 0 Å². The maximum absolute atomic E-state index is 12.3. The number of carboxylic acids is 1. The summed E-state index contributed by atoms with van der Waals surface area (Å²) in [6.45, 7) is 4.06. The molecule has 0 unspecified atom stereocenters. The molecule has 0 saturated carbocycles. The van der Waals surface area contributed by atoms with E-state index in [1.807, 2.05) is 17.0 Å². The number of nitrogens with zero attached hydrogens (tertiary/aromatic N) is 6. The van der Waals surface area contributed by atoms with Gasteiger partial charge in [0.1, 0.15) is 18.0 Å². The van der Waals surface area contributed by atoms with Crippen LogP contribution in [0.2, 0.25) is 0 Å². The third-order valence-corrected chi connectivity index (χ3v) is 6.46. The van der Waals surface area contributed by atoms with E-state index in [-0.39, 0.29) is 24.6 Å². The normalized spacial score (nSPS) is 13.3. The first-order valence-corrected chi connectivity index (χ1v) is 12.7. The minimum Gasteiger partial charge on any atom is -0.508 e. The number of aromatic nitrogens is 4. The Balaban J connectivity index is 1.48. The average Bonchev–Trinajstić information content (AvgIpc) is 3.36. The molecule has 1 fully saturated rings. The monoisotopic (exact) mass is 544 g/mol. The van der Waals surface area contributed by atoms with Crippen LogP contribution in [0.15, 0.2) is 54.9 Å². The molecule has 206 valence electrons. The van der Waals surface area contributed by atoms with E-state index in [4.69, 9.17) is 15.1 Å². The fraction of sp³-hybridized carbons (Fsp3) is 0.259. The summed E-state index contributed by atoms with van der Waals surface area (Å²) in [7, 11) is 0. The minimum absolute atomic E-state index is 0.147. The summed E-state index contributed by atoms with van der Waals surface area (Å²) in [6.07, 6.45) is 1.40. The first-order valence-electron chi connectivity index (χ1n) is 12.7. The third kappa shape index (κ3) is 5.48. The number of para-hydroxylation sites is 1. The Bertz CT molecular complexity index is 1560. The van der Waals surface area contributed by atoms with Crippen LogP contribution < -0.4 is 15.1 Å². The number of carboxylic acid groups (broad SMARTS) is 1. The van der Waals surface area contributed by atoms with Gasteiger partial charge < -0.3 is 34.6 Å². The number of aliphatic carboxylic acids is 1. The number of nitrogens with one attached hydrogen (secondary N) is 2. The first-order chi connectivity index (χ1) is 19.3. The van der Waals surface area contributed by atoms with E-state index < -0.39 is 11.9 Å². The number of ether oxygens (including phenoxy) is 1. The number of aromatic hydroxyl groups is 1. The molecule has 13 heteroatoms. The number of rotatable bonds is 9. The number of piperazine rings is 1. The molecule has 0 radical (unpaired) electrons. The van der Waals surface area contributed by atoms with E-state index in [1.54, 1.807) is 43.3 Å². The molecule has 0 amide bonds. The van der Waals surface area contributed by atoms with Gasteiger partial charge in [-0.25, -0.2) is 9.78 Å². The summed E-state index contributed by atoms with van der Waals surface area (Å²) in [5.41, 5.74) is 2.14. The van der Waals surface area contributed by atoms with Gasteiger partial charge in [0.05, 0.1) is 12.9 Å². The van der Waals surface area contributed by atoms with Crippen LogP contribution in [0.1, 0.15) is 12.5 Å². The zero-order valence-electron chi connectivity index (χ0n) is 21.7. The van der Waals surface area contributed by atoms with Crippen LogP contribution in [0, 0.1) is 5.41 Å². The van der Waals surface area contributed by atoms with Gasteiger partial charge in [-0.2, -0.15) is 9.97 Å². The van der Waals surface area contributed by atoms with Crippen molar-refractivity contribution in [2.75, 3.05) is 47.9 Å². The Labute approximate surface area is 229 Å². The summed E-state index contributed by atoms with van der Waals surface area (Å²) in [4.78, 5) is 41.8. The lowest BCUT2D eigenvalue weighted by Crippen LogP contribution is -2.47. The van der Waals surface area contributed by atoms with Gasteiger partial charge in [0, 0.05) is 43.1 Å². The number of benzene rings is 2. The Hall–Kier alpha value is -5.20. The number of carbonyl (C=O) groups excluding carboxylic acids is 1. The number of hydrogen-bond acceptors (Lipinski definition) is 11. The van der Waals surface area contributed by atoms with Crippen LogP contribution in [0.3, 0.4) is 0 Å². The molecule has 0 aliphatic carbocycles. The van der Waals surface area contributed by atoms with Crippen molar-refractivity contribution in [3.05, 3.63) is 60.4 Å². The second-order valence-electron chi connectivity index (χ2n) is 9.07. The summed E-state index contributed by atoms with van der Waals surface area (Å²) in [6, 6.07) is 13.9. The third-order valence-electron chi connectivity index (χ3n) is 6.46. The predicted molar refractivity (Wildman–Crippen MR) is 149 cm³/mol. The summed E-state index contributed by atoms with van der Waals surface area (Å²) < 4.78 is 6.45. The second-order valence-corrected chi connectivity index (χ2v) is 9.07. The predicted octanol–water partition coefficient (Wildman–Crippen LogP) is 2.62. The van der Waals surface area contributed by atoms with Crippen LogP contribution in [0.4, 0.5) is 23.1 Å². The lowest BCUT2D eigenvalue weighted by atomic mass is 10.1. The number of carbonyl (C=O) groups is 2. The molecule has 0 spiro atoms. The largest absolute Gasteiger partial charge is 0.508 e.